The Kier molecular flexibility index (Phi) is 5.86. The molecule has 25 heavy (non-hydrogen) atoms. The molecule has 2 aliphatic heterocycles. The number of rotatable bonds is 3. The van der Waals surface area contributed by atoms with Crippen molar-refractivity contribution in [1.82, 2.24) is 15.5 Å². The number of aliphatic hydroxyl groups excluding tert-OH is 2. The van der Waals surface area contributed by atoms with Crippen LogP contribution in [-0.4, -0.2) is 63.1 Å². The number of thiocarbonyl (C=S) groups is 1. The number of nitrogens with zero attached hydrogens (tertiary/aromatic N) is 2. The van der Waals surface area contributed by atoms with Crippen molar-refractivity contribution in [3.05, 3.63) is 30.3 Å². The van der Waals surface area contributed by atoms with Gasteiger partial charge in [-0.25, -0.2) is 9.79 Å². The molecule has 3 atom stereocenters. The zero-order valence-electron chi connectivity index (χ0n) is 13.2. The Hall–Kier alpha value is -1.72. The number of aliphatic imine (C=N–C) groups is 1. The van der Waals surface area contributed by atoms with Crippen LogP contribution in [0.5, 0.6) is 0 Å². The molecular formula is C15H18N4O4S2. The minimum Gasteiger partial charge on any atom is -0.394 e. The normalized spacial score (nSPS) is 26.2. The molecule has 0 saturated carbocycles. The van der Waals surface area contributed by atoms with Crippen LogP contribution in [0, 0.1) is 0 Å². The number of urea groups is 1. The lowest BCUT2D eigenvalue weighted by atomic mass is 10.2. The van der Waals surface area contributed by atoms with Crippen molar-refractivity contribution in [2.45, 2.75) is 29.8 Å². The van der Waals surface area contributed by atoms with Crippen LogP contribution in [0.4, 0.5) is 4.79 Å². The van der Waals surface area contributed by atoms with Gasteiger partial charge in [-0.1, -0.05) is 42.2 Å². The Morgan fingerprint density at radius 2 is 2.24 bits per heavy atom. The van der Waals surface area contributed by atoms with E-state index < -0.39 is 24.5 Å². The van der Waals surface area contributed by atoms with Gasteiger partial charge in [0.2, 0.25) is 5.96 Å². The Morgan fingerprint density at radius 3 is 2.88 bits per heavy atom. The first-order chi connectivity index (χ1) is 12.1. The summed E-state index contributed by atoms with van der Waals surface area (Å²) in [6.45, 7) is -0.226. The minimum absolute atomic E-state index is 0.0717. The number of aliphatic hydroxyl groups is 2. The van der Waals surface area contributed by atoms with Gasteiger partial charge in [-0.2, -0.15) is 0 Å². The number of carbonyl (C=O) groups is 1. The molecule has 0 aromatic heterocycles. The predicted molar refractivity (Wildman–Crippen MR) is 97.1 cm³/mol. The Morgan fingerprint density at radius 1 is 1.48 bits per heavy atom. The standard InChI is InChI=1S/C15H18N4O4S2/c20-7-11-10(21)6-12(23-11)19-8-16-13(17-14(19)22)18-15(24)25-9-4-2-1-3-5-9/h1-5,10-12,20-21H,6-8H2,(H2,16,17,18,22,24). The maximum atomic E-state index is 12.3. The molecule has 1 saturated heterocycles. The van der Waals surface area contributed by atoms with E-state index in [0.717, 1.165) is 4.90 Å². The van der Waals surface area contributed by atoms with Crippen molar-refractivity contribution in [3.8, 4) is 0 Å². The summed E-state index contributed by atoms with van der Waals surface area (Å²) in [6, 6.07) is 9.21. The maximum absolute atomic E-state index is 12.3. The van der Waals surface area contributed by atoms with Crippen LogP contribution in [0.15, 0.2) is 40.2 Å². The van der Waals surface area contributed by atoms with Gasteiger partial charge >= 0.3 is 6.03 Å². The van der Waals surface area contributed by atoms with Crippen LogP contribution in [0.3, 0.4) is 0 Å². The molecular weight excluding hydrogens is 364 g/mol. The molecule has 1 aromatic carbocycles. The fourth-order valence-corrected chi connectivity index (χ4v) is 3.55. The zero-order chi connectivity index (χ0) is 17.8. The molecule has 1 fully saturated rings. The number of guanidine groups is 1. The molecule has 2 aliphatic rings. The molecule has 1 aromatic rings. The molecule has 0 spiro atoms. The summed E-state index contributed by atoms with van der Waals surface area (Å²) in [5.41, 5.74) is 0. The molecule has 0 radical (unpaired) electrons. The Labute approximate surface area is 154 Å². The zero-order valence-corrected chi connectivity index (χ0v) is 14.8. The summed E-state index contributed by atoms with van der Waals surface area (Å²) in [4.78, 5) is 18.8. The van der Waals surface area contributed by atoms with E-state index in [4.69, 9.17) is 22.1 Å². The van der Waals surface area contributed by atoms with Crippen molar-refractivity contribution >= 4 is 40.3 Å². The monoisotopic (exact) mass is 382 g/mol. The van der Waals surface area contributed by atoms with Crippen molar-refractivity contribution in [2.24, 2.45) is 4.99 Å². The SMILES string of the molecule is O=C1NC(NC(=S)Sc2ccccc2)=NCN1C1CC(O)C(CO)O1. The highest BCUT2D eigenvalue weighted by Crippen LogP contribution is 2.24. The third-order valence-electron chi connectivity index (χ3n) is 3.77. The minimum atomic E-state index is -0.804. The van der Waals surface area contributed by atoms with E-state index in [2.05, 4.69) is 15.6 Å². The topological polar surface area (TPSA) is 106 Å². The van der Waals surface area contributed by atoms with Crippen molar-refractivity contribution in [1.29, 1.82) is 0 Å². The van der Waals surface area contributed by atoms with Gasteiger partial charge in [0.25, 0.3) is 0 Å². The first-order valence-corrected chi connectivity index (χ1v) is 8.89. The number of ether oxygens (including phenoxy) is 1. The van der Waals surface area contributed by atoms with Gasteiger partial charge in [-0.15, -0.1) is 0 Å². The third-order valence-corrected chi connectivity index (χ3v) is 4.92. The van der Waals surface area contributed by atoms with Crippen molar-refractivity contribution in [3.63, 3.8) is 0 Å². The number of benzene rings is 1. The molecule has 134 valence electrons. The van der Waals surface area contributed by atoms with Crippen molar-refractivity contribution < 1.29 is 19.7 Å². The van der Waals surface area contributed by atoms with Crippen LogP contribution < -0.4 is 10.6 Å². The van der Waals surface area contributed by atoms with E-state index in [1.165, 1.54) is 16.7 Å². The second-order valence-corrected chi connectivity index (χ2v) is 7.24. The van der Waals surface area contributed by atoms with Gasteiger partial charge < -0.3 is 20.3 Å². The number of nitrogens with one attached hydrogen (secondary N) is 2. The van der Waals surface area contributed by atoms with Crippen LogP contribution in [0.1, 0.15) is 6.42 Å². The lowest BCUT2D eigenvalue weighted by molar-refractivity contribution is -0.0637. The Bertz CT molecular complexity index is 673. The van der Waals surface area contributed by atoms with Crippen molar-refractivity contribution in [2.75, 3.05) is 13.3 Å². The van der Waals surface area contributed by atoms with Gasteiger partial charge in [0.05, 0.1) is 12.7 Å². The molecule has 4 N–H and O–H groups in total. The lowest BCUT2D eigenvalue weighted by Crippen LogP contribution is -2.55. The summed E-state index contributed by atoms with van der Waals surface area (Å²) in [7, 11) is 0. The van der Waals surface area contributed by atoms with Gasteiger partial charge in [0.15, 0.2) is 0 Å². The predicted octanol–water partition coefficient (Wildman–Crippen LogP) is 0.460. The van der Waals surface area contributed by atoms with E-state index in [1.54, 1.807) is 0 Å². The van der Waals surface area contributed by atoms with Crippen LogP contribution in [-0.2, 0) is 4.74 Å². The molecule has 3 unspecified atom stereocenters. The Balaban J connectivity index is 1.55. The van der Waals surface area contributed by atoms with Crippen LogP contribution in [0.25, 0.3) is 0 Å². The van der Waals surface area contributed by atoms with E-state index in [9.17, 15) is 9.90 Å². The summed E-state index contributed by atoms with van der Waals surface area (Å²) in [5.74, 6) is 0.270. The van der Waals surface area contributed by atoms with E-state index in [1.807, 2.05) is 30.3 Å². The molecule has 2 amide bonds. The highest BCUT2D eigenvalue weighted by atomic mass is 32.2. The van der Waals surface area contributed by atoms with Gasteiger partial charge in [-0.05, 0) is 12.1 Å². The smallest absolute Gasteiger partial charge is 0.327 e. The number of amides is 2. The van der Waals surface area contributed by atoms with Crippen LogP contribution >= 0.6 is 24.0 Å². The van der Waals surface area contributed by atoms with Gasteiger partial charge in [-0.3, -0.25) is 10.2 Å². The highest BCUT2D eigenvalue weighted by molar-refractivity contribution is 8.23. The number of carbonyl (C=O) groups excluding carboxylic acids is 1. The third kappa shape index (κ3) is 4.47. The molecule has 8 nitrogen and oxygen atoms in total. The quantitative estimate of drug-likeness (QED) is 0.444. The largest absolute Gasteiger partial charge is 0.394 e. The molecule has 0 aliphatic carbocycles. The van der Waals surface area contributed by atoms with E-state index >= 15 is 0 Å². The number of hydrogen-bond acceptors (Lipinski definition) is 7. The number of hydrogen-bond donors (Lipinski definition) is 4. The highest BCUT2D eigenvalue weighted by Gasteiger charge is 2.39. The first kappa shape index (κ1) is 18.1. The van der Waals surface area contributed by atoms with Gasteiger partial charge in [0, 0.05) is 11.3 Å². The molecule has 3 rings (SSSR count). The molecule has 10 heteroatoms. The maximum Gasteiger partial charge on any atom is 0.327 e. The molecule has 2 heterocycles. The summed E-state index contributed by atoms with van der Waals surface area (Å²) < 4.78 is 5.94. The summed E-state index contributed by atoms with van der Waals surface area (Å²) in [5, 5.41) is 24.4. The summed E-state index contributed by atoms with van der Waals surface area (Å²) >= 11 is 6.62. The van der Waals surface area contributed by atoms with Gasteiger partial charge in [0.1, 0.15) is 23.3 Å². The average Bonchev–Trinajstić information content (AvgIpc) is 2.96. The van der Waals surface area contributed by atoms with Crippen LogP contribution in [0.2, 0.25) is 0 Å². The fourth-order valence-electron chi connectivity index (χ4n) is 2.51. The second kappa shape index (κ2) is 8.11. The van der Waals surface area contributed by atoms with E-state index in [0.29, 0.717) is 4.32 Å². The molecule has 0 bridgehead atoms. The lowest BCUT2D eigenvalue weighted by Gasteiger charge is -2.30. The first-order valence-electron chi connectivity index (χ1n) is 7.67. The van der Waals surface area contributed by atoms with E-state index in [-0.39, 0.29) is 25.7 Å². The average molecular weight is 382 g/mol. The fraction of sp³-hybridized carbons (Fsp3) is 0.400. The summed E-state index contributed by atoms with van der Waals surface area (Å²) in [6.07, 6.45) is -1.88. The second-order valence-electron chi connectivity index (χ2n) is 5.49. The number of thioether (sulfide) groups is 1.